The van der Waals surface area contributed by atoms with E-state index in [0.717, 1.165) is 18.4 Å². The van der Waals surface area contributed by atoms with Gasteiger partial charge in [0.25, 0.3) is 0 Å². The van der Waals surface area contributed by atoms with Gasteiger partial charge in [-0.1, -0.05) is 50.6 Å². The monoisotopic (exact) mass is 502 g/mol. The molecule has 1 saturated heterocycles. The van der Waals surface area contributed by atoms with Crippen molar-refractivity contribution in [3.63, 3.8) is 0 Å². The predicted molar refractivity (Wildman–Crippen MR) is 139 cm³/mol. The van der Waals surface area contributed by atoms with Gasteiger partial charge in [-0.3, -0.25) is 14.9 Å². The zero-order valence-electron chi connectivity index (χ0n) is 21.5. The number of unbranched alkanes of at least 4 members (excludes halogenated alkanes) is 1. The Bertz CT molecular complexity index is 953. The van der Waals surface area contributed by atoms with Crippen molar-refractivity contribution in [2.24, 2.45) is 0 Å². The first-order chi connectivity index (χ1) is 17.4. The maximum atomic E-state index is 12.1. The number of carbonyl (C=O) groups is 1. The average Bonchev–Trinajstić information content (AvgIpc) is 3.39. The van der Waals surface area contributed by atoms with Crippen LogP contribution in [0.25, 0.3) is 0 Å². The van der Waals surface area contributed by atoms with E-state index in [1.165, 1.54) is 37.4 Å². The van der Waals surface area contributed by atoms with Crippen LogP contribution in [0, 0.1) is 10.1 Å². The lowest BCUT2D eigenvalue weighted by Gasteiger charge is -2.23. The van der Waals surface area contributed by atoms with Crippen LogP contribution in [0.1, 0.15) is 52.0 Å². The highest BCUT2D eigenvalue weighted by Gasteiger charge is 2.29. The lowest BCUT2D eigenvalue weighted by atomic mass is 10.2. The maximum absolute atomic E-state index is 12.1. The third-order valence-corrected chi connectivity index (χ3v) is 5.57. The van der Waals surface area contributed by atoms with Crippen LogP contribution < -0.4 is 15.4 Å². The van der Waals surface area contributed by atoms with Crippen molar-refractivity contribution in [1.82, 2.24) is 14.9 Å². The van der Waals surface area contributed by atoms with Crippen molar-refractivity contribution in [3.05, 3.63) is 46.0 Å². The number of nitrogen functional groups attached to an aromatic ring is 1. The molecular weight excluding hydrogens is 464 g/mol. The molecule has 0 aliphatic carbocycles. The fraction of sp³-hybridized carbons (Fsp3) is 0.560. The van der Waals surface area contributed by atoms with Gasteiger partial charge < -0.3 is 25.0 Å². The number of esters is 1. The number of hydrogen-bond acceptors (Lipinski definition) is 10. The smallest absolute Gasteiger partial charge is 0.353 e. The van der Waals surface area contributed by atoms with Crippen LogP contribution in [0.3, 0.4) is 0 Å². The van der Waals surface area contributed by atoms with E-state index in [1.807, 2.05) is 37.3 Å². The fourth-order valence-corrected chi connectivity index (χ4v) is 3.68. The number of benzene rings is 1. The Labute approximate surface area is 212 Å². The molecule has 198 valence electrons. The van der Waals surface area contributed by atoms with E-state index in [0.29, 0.717) is 6.61 Å². The van der Waals surface area contributed by atoms with Crippen LogP contribution >= 0.6 is 0 Å². The second kappa shape index (κ2) is 15.5. The molecule has 0 spiro atoms. The van der Waals surface area contributed by atoms with Crippen molar-refractivity contribution in [1.29, 1.82) is 0 Å². The first kappa shape index (κ1) is 28.8. The van der Waals surface area contributed by atoms with Crippen LogP contribution in [-0.2, 0) is 16.1 Å². The van der Waals surface area contributed by atoms with Crippen molar-refractivity contribution in [2.75, 3.05) is 50.0 Å². The number of nitrogens with two attached hydrogens (primary N) is 1. The molecule has 0 radical (unpaired) electrons. The number of anilines is 2. The summed E-state index contributed by atoms with van der Waals surface area (Å²) in [7, 11) is 0. The molecule has 1 aliphatic rings. The summed E-state index contributed by atoms with van der Waals surface area (Å²) in [4.78, 5) is 35.1. The molecule has 2 heterocycles. The molecule has 11 heteroatoms. The normalized spacial score (nSPS) is 13.0. The zero-order chi connectivity index (χ0) is 26.3. The summed E-state index contributed by atoms with van der Waals surface area (Å²) in [5.41, 5.74) is 6.18. The zero-order valence-corrected chi connectivity index (χ0v) is 21.5. The molecule has 2 N–H and O–H groups in total. The molecule has 0 atom stereocenters. The lowest BCUT2D eigenvalue weighted by molar-refractivity contribution is -0.383. The Morgan fingerprint density at radius 2 is 1.86 bits per heavy atom. The quantitative estimate of drug-likeness (QED) is 0.197. The van der Waals surface area contributed by atoms with Gasteiger partial charge in [-0.05, 0) is 51.4 Å². The SMILES string of the molecule is CCCCOc1nc(N)c([N+](=O)[O-])c(N(CC(=O)OCC)Cc2ccccc2)n1.CCN1CCCC1. The molecule has 0 amide bonds. The summed E-state index contributed by atoms with van der Waals surface area (Å²) in [6.07, 6.45) is 4.52. The van der Waals surface area contributed by atoms with E-state index in [4.69, 9.17) is 15.2 Å². The minimum absolute atomic E-state index is 0.0709. The van der Waals surface area contributed by atoms with Crippen LogP contribution in [0.5, 0.6) is 6.01 Å². The van der Waals surface area contributed by atoms with E-state index in [1.54, 1.807) is 6.92 Å². The number of rotatable bonds is 12. The summed E-state index contributed by atoms with van der Waals surface area (Å²) < 4.78 is 10.5. The number of nitro groups is 1. The van der Waals surface area contributed by atoms with Gasteiger partial charge in [0.2, 0.25) is 11.6 Å². The molecule has 1 aromatic heterocycles. The van der Waals surface area contributed by atoms with Gasteiger partial charge in [0, 0.05) is 6.54 Å². The van der Waals surface area contributed by atoms with Crippen molar-refractivity contribution in [2.45, 2.75) is 53.0 Å². The lowest BCUT2D eigenvalue weighted by Crippen LogP contribution is -2.32. The number of ether oxygens (including phenoxy) is 2. The molecule has 3 rings (SSSR count). The Kier molecular flexibility index (Phi) is 12.4. The highest BCUT2D eigenvalue weighted by atomic mass is 16.6. The average molecular weight is 503 g/mol. The third-order valence-electron chi connectivity index (χ3n) is 5.57. The minimum atomic E-state index is -0.663. The van der Waals surface area contributed by atoms with Crippen molar-refractivity contribution in [3.8, 4) is 6.01 Å². The van der Waals surface area contributed by atoms with E-state index in [-0.39, 0.29) is 37.3 Å². The van der Waals surface area contributed by atoms with E-state index < -0.39 is 16.6 Å². The van der Waals surface area contributed by atoms with Gasteiger partial charge in [0.1, 0.15) is 6.54 Å². The molecule has 1 aromatic carbocycles. The predicted octanol–water partition coefficient (Wildman–Crippen LogP) is 3.82. The van der Waals surface area contributed by atoms with E-state index >= 15 is 0 Å². The molecule has 2 aromatic rings. The van der Waals surface area contributed by atoms with Crippen molar-refractivity contribution < 1.29 is 19.2 Å². The summed E-state index contributed by atoms with van der Waals surface area (Å²) in [5.74, 6) is -0.956. The van der Waals surface area contributed by atoms with Crippen molar-refractivity contribution >= 4 is 23.3 Å². The molecule has 11 nitrogen and oxygen atoms in total. The molecular formula is C25H38N6O5. The highest BCUT2D eigenvalue weighted by molar-refractivity contribution is 5.78. The van der Waals surface area contributed by atoms with Gasteiger partial charge in [0.05, 0.1) is 18.1 Å². The number of nitrogens with zero attached hydrogens (tertiary/aromatic N) is 5. The minimum Gasteiger partial charge on any atom is -0.465 e. The second-order valence-electron chi connectivity index (χ2n) is 8.31. The van der Waals surface area contributed by atoms with E-state index in [9.17, 15) is 14.9 Å². The molecule has 1 aliphatic heterocycles. The Balaban J connectivity index is 0.000000558. The van der Waals surface area contributed by atoms with Gasteiger partial charge in [-0.15, -0.1) is 0 Å². The Morgan fingerprint density at radius 3 is 2.42 bits per heavy atom. The highest BCUT2D eigenvalue weighted by Crippen LogP contribution is 2.33. The summed E-state index contributed by atoms with van der Waals surface area (Å²) in [6, 6.07) is 9.13. The van der Waals surface area contributed by atoms with Gasteiger partial charge in [-0.2, -0.15) is 9.97 Å². The molecule has 0 bridgehead atoms. The number of hydrogen-bond donors (Lipinski definition) is 1. The number of aromatic nitrogens is 2. The Morgan fingerprint density at radius 1 is 1.17 bits per heavy atom. The third kappa shape index (κ3) is 9.29. The standard InChI is InChI=1S/C19H25N5O5.C6H13N/c1-3-5-11-29-19-21-17(20)16(24(26)27)18(22-19)23(13-15(25)28-4-2)12-14-9-7-6-8-10-14;1-2-7-5-3-4-6-7/h6-10H,3-5,11-13H2,1-2H3,(H2,20,21,22);2-6H2,1H3. The summed E-state index contributed by atoms with van der Waals surface area (Å²) in [6.45, 7) is 10.3. The number of carbonyl (C=O) groups excluding carboxylic acids is 1. The summed E-state index contributed by atoms with van der Waals surface area (Å²) >= 11 is 0. The van der Waals surface area contributed by atoms with Gasteiger partial charge in [-0.25, -0.2) is 0 Å². The largest absolute Gasteiger partial charge is 0.465 e. The van der Waals surface area contributed by atoms with Crippen LogP contribution in [0.4, 0.5) is 17.3 Å². The van der Waals surface area contributed by atoms with E-state index in [2.05, 4.69) is 21.8 Å². The topological polar surface area (TPSA) is 137 Å². The number of likely N-dealkylation sites (tertiary alicyclic amines) is 1. The van der Waals surface area contributed by atoms with Crippen LogP contribution in [0.15, 0.2) is 30.3 Å². The maximum Gasteiger partial charge on any atom is 0.353 e. The van der Waals surface area contributed by atoms with Gasteiger partial charge in [0.15, 0.2) is 0 Å². The summed E-state index contributed by atoms with van der Waals surface area (Å²) in [5, 5.41) is 11.6. The first-order valence-corrected chi connectivity index (χ1v) is 12.5. The molecule has 36 heavy (non-hydrogen) atoms. The van der Waals surface area contributed by atoms with Gasteiger partial charge >= 0.3 is 17.7 Å². The molecule has 1 fully saturated rings. The first-order valence-electron chi connectivity index (χ1n) is 12.5. The fourth-order valence-electron chi connectivity index (χ4n) is 3.68. The molecule has 0 unspecified atom stereocenters. The Hall–Kier alpha value is -3.47. The van der Waals surface area contributed by atoms with Crippen LogP contribution in [-0.4, -0.2) is 65.2 Å². The molecule has 0 saturated carbocycles. The second-order valence-corrected chi connectivity index (χ2v) is 8.31. The van der Waals surface area contributed by atoms with Crippen LogP contribution in [0.2, 0.25) is 0 Å².